The molecule has 3 N–H and O–H groups in total. The zero-order chi connectivity index (χ0) is 24.5. The van der Waals surface area contributed by atoms with Crippen molar-refractivity contribution in [2.45, 2.75) is 12.6 Å². The summed E-state index contributed by atoms with van der Waals surface area (Å²) in [6.45, 7) is -0.298. The summed E-state index contributed by atoms with van der Waals surface area (Å²) in [4.78, 5) is 23.9. The molecule has 0 bridgehead atoms. The van der Waals surface area contributed by atoms with Crippen LogP contribution in [0.25, 0.3) is 21.2 Å². The van der Waals surface area contributed by atoms with E-state index in [1.54, 1.807) is 42.5 Å². The summed E-state index contributed by atoms with van der Waals surface area (Å²) in [5.41, 5.74) is 6.44. The van der Waals surface area contributed by atoms with Crippen LogP contribution < -0.4 is 11.1 Å². The van der Waals surface area contributed by atoms with Crippen molar-refractivity contribution in [2.75, 3.05) is 6.54 Å². The van der Waals surface area contributed by atoms with Gasteiger partial charge in [0.1, 0.15) is 5.82 Å². The first-order chi connectivity index (χ1) is 16.1. The largest absolute Gasteiger partial charge is 0.416 e. The number of nitrogens with one attached hydrogen (secondary N) is 1. The summed E-state index contributed by atoms with van der Waals surface area (Å²) >= 11 is 1.29. The van der Waals surface area contributed by atoms with E-state index in [1.807, 2.05) is 0 Å². The molecule has 2 amide bonds. The number of benzene rings is 3. The molecular weight excluding hydrogens is 468 g/mol. The third kappa shape index (κ3) is 5.09. The zero-order valence-electron chi connectivity index (χ0n) is 17.6. The van der Waals surface area contributed by atoms with Crippen molar-refractivity contribution in [1.29, 1.82) is 0 Å². The van der Waals surface area contributed by atoms with E-state index in [4.69, 9.17) is 5.73 Å². The van der Waals surface area contributed by atoms with Crippen molar-refractivity contribution in [1.82, 2.24) is 5.32 Å². The Labute approximate surface area is 196 Å². The van der Waals surface area contributed by atoms with Gasteiger partial charge in [0.2, 0.25) is 5.91 Å². The summed E-state index contributed by atoms with van der Waals surface area (Å²) < 4.78 is 54.3. The van der Waals surface area contributed by atoms with E-state index in [1.165, 1.54) is 23.5 Å². The van der Waals surface area contributed by atoms with Crippen LogP contribution in [-0.2, 0) is 17.4 Å². The molecule has 0 atom stereocenters. The smallest absolute Gasteiger partial charge is 0.368 e. The van der Waals surface area contributed by atoms with Gasteiger partial charge in [0.25, 0.3) is 5.91 Å². The second-order valence-electron chi connectivity index (χ2n) is 7.66. The lowest BCUT2D eigenvalue weighted by atomic mass is 10.0. The van der Waals surface area contributed by atoms with Crippen LogP contribution in [-0.4, -0.2) is 18.4 Å². The summed E-state index contributed by atoms with van der Waals surface area (Å²) in [6, 6.07) is 16.3. The molecule has 0 spiro atoms. The number of halogens is 4. The number of fused-ring (bicyclic) bond motifs is 1. The second-order valence-corrected chi connectivity index (χ2v) is 8.79. The predicted octanol–water partition coefficient (Wildman–Crippen LogP) is 5.53. The minimum atomic E-state index is -4.44. The van der Waals surface area contributed by atoms with Gasteiger partial charge in [-0.25, -0.2) is 4.39 Å². The number of rotatable bonds is 6. The van der Waals surface area contributed by atoms with Gasteiger partial charge in [-0.3, -0.25) is 9.59 Å². The molecule has 174 valence electrons. The Balaban J connectivity index is 1.69. The van der Waals surface area contributed by atoms with Crippen LogP contribution in [0.1, 0.15) is 26.4 Å². The van der Waals surface area contributed by atoms with E-state index < -0.39 is 29.4 Å². The molecule has 4 nitrogen and oxygen atoms in total. The quantitative estimate of drug-likeness (QED) is 0.352. The minimum Gasteiger partial charge on any atom is -0.368 e. The fraction of sp³-hybridized carbons (Fsp3) is 0.120. The molecule has 0 radical (unpaired) electrons. The number of hydrogen-bond acceptors (Lipinski definition) is 3. The fourth-order valence-corrected chi connectivity index (χ4v) is 4.85. The molecule has 1 aromatic heterocycles. The van der Waals surface area contributed by atoms with Gasteiger partial charge in [0.15, 0.2) is 0 Å². The van der Waals surface area contributed by atoms with E-state index in [2.05, 4.69) is 5.32 Å². The molecule has 34 heavy (non-hydrogen) atoms. The Hall–Kier alpha value is -3.72. The van der Waals surface area contributed by atoms with Gasteiger partial charge in [-0.2, -0.15) is 13.2 Å². The van der Waals surface area contributed by atoms with Gasteiger partial charge in [-0.05, 0) is 47.0 Å². The van der Waals surface area contributed by atoms with Gasteiger partial charge < -0.3 is 11.1 Å². The summed E-state index contributed by atoms with van der Waals surface area (Å²) in [5, 5.41) is 2.77. The number of thiophene rings is 1. The number of hydrogen-bond donors (Lipinski definition) is 2. The Morgan fingerprint density at radius 3 is 2.47 bits per heavy atom. The number of carbonyl (C=O) groups excluding carboxylic acids is 2. The van der Waals surface area contributed by atoms with Crippen LogP contribution in [0.2, 0.25) is 0 Å². The average Bonchev–Trinajstić information content (AvgIpc) is 3.22. The topological polar surface area (TPSA) is 72.2 Å². The molecule has 0 fully saturated rings. The highest BCUT2D eigenvalue weighted by Crippen LogP contribution is 2.38. The molecule has 4 rings (SSSR count). The molecule has 1 heterocycles. The Kier molecular flexibility index (Phi) is 6.39. The van der Waals surface area contributed by atoms with Crippen molar-refractivity contribution in [2.24, 2.45) is 5.73 Å². The Morgan fingerprint density at radius 2 is 1.74 bits per heavy atom. The molecule has 0 saturated heterocycles. The highest BCUT2D eigenvalue weighted by molar-refractivity contribution is 7.19. The molecule has 0 aliphatic rings. The first-order valence-electron chi connectivity index (χ1n) is 10.2. The molecule has 3 aromatic carbocycles. The van der Waals surface area contributed by atoms with Crippen molar-refractivity contribution in [3.05, 3.63) is 94.1 Å². The number of nitrogens with two attached hydrogens (primary N) is 1. The molecule has 0 aliphatic carbocycles. The lowest BCUT2D eigenvalue weighted by molar-refractivity contribution is -0.137. The number of amides is 2. The molecule has 0 unspecified atom stereocenters. The zero-order valence-corrected chi connectivity index (χ0v) is 18.4. The lowest BCUT2D eigenvalue weighted by Crippen LogP contribution is -2.33. The summed E-state index contributed by atoms with van der Waals surface area (Å²) in [5.74, 6) is -1.59. The first kappa shape index (κ1) is 23.4. The van der Waals surface area contributed by atoms with Crippen molar-refractivity contribution in [3.8, 4) is 11.1 Å². The Morgan fingerprint density at radius 1 is 0.971 bits per heavy atom. The van der Waals surface area contributed by atoms with Crippen LogP contribution in [0, 0.1) is 5.82 Å². The predicted molar refractivity (Wildman–Crippen MR) is 123 cm³/mol. The van der Waals surface area contributed by atoms with Gasteiger partial charge >= 0.3 is 6.18 Å². The van der Waals surface area contributed by atoms with Gasteiger partial charge in [0.05, 0.1) is 12.1 Å². The van der Waals surface area contributed by atoms with Crippen LogP contribution in [0.3, 0.4) is 0 Å². The fourth-order valence-electron chi connectivity index (χ4n) is 3.61. The molecule has 4 aromatic rings. The molecular formula is C25H18F4N2O2S. The average molecular weight is 486 g/mol. The first-order valence-corrected chi connectivity index (χ1v) is 11.0. The standard InChI is InChI=1S/C25H18F4N2O2S/c26-21-8-7-19(15-4-2-5-16(11-15)24(33)31-13-22(30)32)23-20(21)12-18(34-23)10-14-3-1-6-17(9-14)25(27,28)29/h1-9,11-12H,10,13H2,(H2,30,32)(H,31,33). The van der Waals surface area contributed by atoms with E-state index in [0.717, 1.165) is 12.1 Å². The maximum Gasteiger partial charge on any atom is 0.416 e. The van der Waals surface area contributed by atoms with Crippen LogP contribution >= 0.6 is 11.3 Å². The van der Waals surface area contributed by atoms with Crippen molar-refractivity contribution >= 4 is 33.2 Å². The van der Waals surface area contributed by atoms with E-state index in [9.17, 15) is 27.2 Å². The van der Waals surface area contributed by atoms with Crippen molar-refractivity contribution < 1.29 is 27.2 Å². The maximum atomic E-state index is 14.6. The molecule has 9 heteroatoms. The summed E-state index contributed by atoms with van der Waals surface area (Å²) in [7, 11) is 0. The highest BCUT2D eigenvalue weighted by Gasteiger charge is 2.30. The van der Waals surface area contributed by atoms with Crippen LogP contribution in [0.5, 0.6) is 0 Å². The van der Waals surface area contributed by atoms with Crippen LogP contribution in [0.15, 0.2) is 66.7 Å². The minimum absolute atomic E-state index is 0.220. The number of primary amides is 1. The number of carbonyl (C=O) groups is 2. The lowest BCUT2D eigenvalue weighted by Gasteiger charge is -2.08. The Bertz CT molecular complexity index is 1400. The van der Waals surface area contributed by atoms with Gasteiger partial charge in [-0.1, -0.05) is 36.4 Å². The van der Waals surface area contributed by atoms with Crippen molar-refractivity contribution in [3.63, 3.8) is 0 Å². The van der Waals surface area contributed by atoms with E-state index in [-0.39, 0.29) is 13.0 Å². The third-order valence-corrected chi connectivity index (χ3v) is 6.34. The monoisotopic (exact) mass is 486 g/mol. The second kappa shape index (κ2) is 9.26. The van der Waals surface area contributed by atoms with Gasteiger partial charge in [0, 0.05) is 26.9 Å². The highest BCUT2D eigenvalue weighted by atomic mass is 32.1. The molecule has 0 saturated carbocycles. The summed E-state index contributed by atoms with van der Waals surface area (Å²) in [6.07, 6.45) is -4.22. The SMILES string of the molecule is NC(=O)CNC(=O)c1cccc(-c2ccc(F)c3cc(Cc4cccc(C(F)(F)F)c4)sc23)c1. The van der Waals surface area contributed by atoms with E-state index in [0.29, 0.717) is 37.2 Å². The van der Waals surface area contributed by atoms with Gasteiger partial charge in [-0.15, -0.1) is 11.3 Å². The normalized spacial score (nSPS) is 11.5. The van der Waals surface area contributed by atoms with E-state index >= 15 is 0 Å². The maximum absolute atomic E-state index is 14.6. The molecule has 0 aliphatic heterocycles. The number of alkyl halides is 3. The van der Waals surface area contributed by atoms with Crippen LogP contribution in [0.4, 0.5) is 17.6 Å². The third-order valence-electron chi connectivity index (χ3n) is 5.17.